The van der Waals surface area contributed by atoms with Crippen LogP contribution >= 0.6 is 23.2 Å². The number of rotatable bonds is 5. The first-order valence-electron chi connectivity index (χ1n) is 7.38. The van der Waals surface area contributed by atoms with Gasteiger partial charge in [-0.05, 0) is 42.7 Å². The maximum absolute atomic E-state index is 14.0. The highest BCUT2D eigenvalue weighted by Crippen LogP contribution is 2.30. The van der Waals surface area contributed by atoms with Crippen LogP contribution in [0, 0.1) is 12.7 Å². The average molecular weight is 353 g/mol. The van der Waals surface area contributed by atoms with E-state index in [0.29, 0.717) is 17.0 Å². The monoisotopic (exact) mass is 352 g/mol. The van der Waals surface area contributed by atoms with Gasteiger partial charge in [-0.3, -0.25) is 0 Å². The predicted molar refractivity (Wildman–Crippen MR) is 96.9 cm³/mol. The van der Waals surface area contributed by atoms with Crippen LogP contribution in [0.1, 0.15) is 23.6 Å². The first-order valence-corrected chi connectivity index (χ1v) is 8.14. The Balaban J connectivity index is 2.30. The number of benzene rings is 2. The highest BCUT2D eigenvalue weighted by Gasteiger charge is 2.11. The normalized spacial score (nSPS) is 11.2. The summed E-state index contributed by atoms with van der Waals surface area (Å²) in [4.78, 5) is 6.41. The summed E-state index contributed by atoms with van der Waals surface area (Å²) in [5.41, 5.74) is 3.19. The van der Waals surface area contributed by atoms with E-state index in [1.807, 2.05) is 31.0 Å². The Kier molecular flexibility index (Phi) is 6.03. The van der Waals surface area contributed by atoms with E-state index in [1.165, 1.54) is 6.07 Å². The maximum atomic E-state index is 14.0. The van der Waals surface area contributed by atoms with E-state index in [1.54, 1.807) is 18.5 Å². The van der Waals surface area contributed by atoms with Crippen LogP contribution in [0.15, 0.2) is 35.3 Å². The summed E-state index contributed by atoms with van der Waals surface area (Å²) in [6, 6.07) is 8.75. The molecule has 0 bridgehead atoms. The molecule has 0 aliphatic carbocycles. The molecule has 2 aromatic rings. The number of hydrogen-bond donors (Lipinski definition) is 0. The molecule has 0 saturated heterocycles. The van der Waals surface area contributed by atoms with E-state index in [9.17, 15) is 4.39 Å². The molecule has 0 heterocycles. The van der Waals surface area contributed by atoms with Gasteiger partial charge in [0.25, 0.3) is 0 Å². The van der Waals surface area contributed by atoms with Crippen molar-refractivity contribution < 1.29 is 4.39 Å². The van der Waals surface area contributed by atoms with E-state index < -0.39 is 5.82 Å². The quantitative estimate of drug-likeness (QED) is 0.501. The Morgan fingerprint density at radius 1 is 1.17 bits per heavy atom. The van der Waals surface area contributed by atoms with Gasteiger partial charge in [0, 0.05) is 25.0 Å². The first-order chi connectivity index (χ1) is 10.9. The van der Waals surface area contributed by atoms with Crippen molar-refractivity contribution in [3.8, 4) is 0 Å². The van der Waals surface area contributed by atoms with Crippen LogP contribution in [-0.4, -0.2) is 24.8 Å². The van der Waals surface area contributed by atoms with Gasteiger partial charge < -0.3 is 4.90 Å². The van der Waals surface area contributed by atoms with Gasteiger partial charge >= 0.3 is 0 Å². The molecule has 0 aromatic heterocycles. The average Bonchev–Trinajstić information content (AvgIpc) is 2.53. The summed E-state index contributed by atoms with van der Waals surface area (Å²) in [6.45, 7) is 4.89. The maximum Gasteiger partial charge on any atom is 0.145 e. The molecule has 0 aliphatic heterocycles. The highest BCUT2D eigenvalue weighted by atomic mass is 35.5. The standard InChI is InChI=1S/C18H19Cl2FN2/c1-4-23(3)11-22-17-10-16(20)14(8-12(17)2)9-13-6-5-7-15(19)18(13)21/h5-8,10-11H,4,9H2,1-3H3. The lowest BCUT2D eigenvalue weighted by Crippen LogP contribution is -2.14. The topological polar surface area (TPSA) is 15.6 Å². The summed E-state index contributed by atoms with van der Waals surface area (Å²) in [7, 11) is 1.96. The fourth-order valence-corrected chi connectivity index (χ4v) is 2.56. The van der Waals surface area contributed by atoms with Gasteiger partial charge in [-0.1, -0.05) is 41.4 Å². The Morgan fingerprint density at radius 3 is 2.61 bits per heavy atom. The number of aliphatic imine (C=N–C) groups is 1. The van der Waals surface area contributed by atoms with Gasteiger partial charge in [-0.2, -0.15) is 0 Å². The predicted octanol–water partition coefficient (Wildman–Crippen LogP) is 5.64. The highest BCUT2D eigenvalue weighted by molar-refractivity contribution is 6.31. The molecule has 23 heavy (non-hydrogen) atoms. The fraction of sp³-hybridized carbons (Fsp3) is 0.278. The molecule has 0 amide bonds. The van der Waals surface area contributed by atoms with Crippen molar-refractivity contribution in [2.24, 2.45) is 4.99 Å². The zero-order chi connectivity index (χ0) is 17.0. The van der Waals surface area contributed by atoms with Crippen molar-refractivity contribution in [2.45, 2.75) is 20.3 Å². The molecule has 0 saturated carbocycles. The molecule has 0 fully saturated rings. The fourth-order valence-electron chi connectivity index (χ4n) is 2.14. The van der Waals surface area contributed by atoms with Crippen molar-refractivity contribution in [2.75, 3.05) is 13.6 Å². The Morgan fingerprint density at radius 2 is 1.91 bits per heavy atom. The van der Waals surface area contributed by atoms with Gasteiger partial charge in [0.1, 0.15) is 5.82 Å². The summed E-state index contributed by atoms with van der Waals surface area (Å²) >= 11 is 12.2. The second-order valence-electron chi connectivity index (χ2n) is 5.44. The summed E-state index contributed by atoms with van der Waals surface area (Å²) < 4.78 is 14.0. The van der Waals surface area contributed by atoms with E-state index in [-0.39, 0.29) is 5.02 Å². The van der Waals surface area contributed by atoms with Crippen molar-refractivity contribution in [3.05, 3.63) is 62.9 Å². The van der Waals surface area contributed by atoms with Gasteiger partial charge in [0.05, 0.1) is 17.0 Å². The minimum absolute atomic E-state index is 0.124. The van der Waals surface area contributed by atoms with Crippen molar-refractivity contribution in [3.63, 3.8) is 0 Å². The van der Waals surface area contributed by atoms with Crippen LogP contribution in [0.2, 0.25) is 10.0 Å². The van der Waals surface area contributed by atoms with Gasteiger partial charge in [-0.25, -0.2) is 9.38 Å². The van der Waals surface area contributed by atoms with Crippen molar-refractivity contribution >= 4 is 35.2 Å². The lowest BCUT2D eigenvalue weighted by Gasteiger charge is -2.11. The summed E-state index contributed by atoms with van der Waals surface area (Å²) in [5.74, 6) is -0.394. The van der Waals surface area contributed by atoms with Crippen molar-refractivity contribution in [1.82, 2.24) is 4.90 Å². The molecule has 122 valence electrons. The van der Waals surface area contributed by atoms with E-state index in [0.717, 1.165) is 23.4 Å². The van der Waals surface area contributed by atoms with E-state index in [4.69, 9.17) is 23.2 Å². The Hall–Kier alpha value is -1.58. The smallest absolute Gasteiger partial charge is 0.145 e. The molecule has 0 atom stereocenters. The molecule has 0 N–H and O–H groups in total. The lowest BCUT2D eigenvalue weighted by molar-refractivity contribution is 0.552. The molecular weight excluding hydrogens is 334 g/mol. The molecule has 0 unspecified atom stereocenters. The van der Waals surface area contributed by atoms with E-state index >= 15 is 0 Å². The number of hydrogen-bond acceptors (Lipinski definition) is 1. The van der Waals surface area contributed by atoms with E-state index in [2.05, 4.69) is 11.9 Å². The number of nitrogens with zero attached hydrogens (tertiary/aromatic N) is 2. The SMILES string of the molecule is CCN(C)C=Nc1cc(Cl)c(Cc2cccc(Cl)c2F)cc1C. The van der Waals surface area contributed by atoms with Crippen molar-refractivity contribution in [1.29, 1.82) is 0 Å². The number of halogens is 3. The molecular formula is C18H19Cl2FN2. The van der Waals surface area contributed by atoms with Crippen LogP contribution in [0.5, 0.6) is 0 Å². The van der Waals surface area contributed by atoms with Gasteiger partial charge in [0.15, 0.2) is 0 Å². The zero-order valence-corrected chi connectivity index (χ0v) is 14.9. The van der Waals surface area contributed by atoms with Crippen LogP contribution in [0.25, 0.3) is 0 Å². The molecule has 0 spiro atoms. The van der Waals surface area contributed by atoms with Gasteiger partial charge in [-0.15, -0.1) is 0 Å². The molecule has 0 radical (unpaired) electrons. The lowest BCUT2D eigenvalue weighted by atomic mass is 10.0. The van der Waals surface area contributed by atoms with Crippen LogP contribution in [0.4, 0.5) is 10.1 Å². The van der Waals surface area contributed by atoms with Crippen LogP contribution in [-0.2, 0) is 6.42 Å². The number of aryl methyl sites for hydroxylation is 1. The van der Waals surface area contributed by atoms with Crippen LogP contribution in [0.3, 0.4) is 0 Å². The molecule has 0 aliphatic rings. The third kappa shape index (κ3) is 4.46. The molecule has 5 heteroatoms. The van der Waals surface area contributed by atoms with Gasteiger partial charge in [0.2, 0.25) is 0 Å². The molecule has 2 nitrogen and oxygen atoms in total. The third-order valence-electron chi connectivity index (χ3n) is 3.67. The third-order valence-corrected chi connectivity index (χ3v) is 4.31. The minimum atomic E-state index is -0.394. The largest absolute Gasteiger partial charge is 0.366 e. The van der Waals surface area contributed by atoms with Crippen LogP contribution < -0.4 is 0 Å². The molecule has 2 rings (SSSR count). The Bertz CT molecular complexity index is 729. The first kappa shape index (κ1) is 17.8. The second-order valence-corrected chi connectivity index (χ2v) is 6.25. The zero-order valence-electron chi connectivity index (χ0n) is 13.4. The molecule has 2 aromatic carbocycles. The second kappa shape index (κ2) is 7.80. The minimum Gasteiger partial charge on any atom is -0.366 e. The summed E-state index contributed by atoms with van der Waals surface area (Å²) in [5, 5.41) is 0.695. The Labute approximate surface area is 146 Å². The summed E-state index contributed by atoms with van der Waals surface area (Å²) in [6.07, 6.45) is 2.17.